The predicted octanol–water partition coefficient (Wildman–Crippen LogP) is 2.53. The summed E-state index contributed by atoms with van der Waals surface area (Å²) in [5.41, 5.74) is 1.24. The maximum atomic E-state index is 4.01. The molecular formula is C11H25N3. The molecule has 0 aromatic carbocycles. The topological polar surface area (TPSA) is 21.1 Å². The smallest absolute Gasteiger partial charge is 0.0945 e. The molecule has 1 rings (SSSR count). The van der Waals surface area contributed by atoms with Crippen LogP contribution in [0.25, 0.3) is 0 Å². The van der Waals surface area contributed by atoms with Crippen LogP contribution in [0.1, 0.15) is 33.4 Å². The molecule has 0 atom stereocenters. The lowest BCUT2D eigenvalue weighted by atomic mass is 10.4. The summed E-state index contributed by atoms with van der Waals surface area (Å²) < 4.78 is 2.03. The average Bonchev–Trinajstić information content (AvgIpc) is 2.58. The van der Waals surface area contributed by atoms with Gasteiger partial charge in [0.05, 0.1) is 12.0 Å². The quantitative estimate of drug-likeness (QED) is 0.730. The molecule has 0 aliphatic heterocycles. The SMILES string of the molecule is CC.CC.CN(C)Cc1cncn1C. The molecular weight excluding hydrogens is 174 g/mol. The van der Waals surface area contributed by atoms with Crippen LogP contribution in [0.5, 0.6) is 0 Å². The molecule has 0 aliphatic carbocycles. The van der Waals surface area contributed by atoms with Gasteiger partial charge in [-0.25, -0.2) is 4.98 Å². The fourth-order valence-electron chi connectivity index (χ4n) is 0.861. The van der Waals surface area contributed by atoms with E-state index in [2.05, 4.69) is 9.88 Å². The molecule has 0 radical (unpaired) electrons. The Bertz CT molecular complexity index is 204. The third-order valence-corrected chi connectivity index (χ3v) is 1.39. The van der Waals surface area contributed by atoms with Crippen LogP contribution in [0.15, 0.2) is 12.5 Å². The van der Waals surface area contributed by atoms with E-state index in [1.807, 2.05) is 65.9 Å². The Morgan fingerprint density at radius 3 is 2.00 bits per heavy atom. The number of aryl methyl sites for hydroxylation is 1. The lowest BCUT2D eigenvalue weighted by Crippen LogP contribution is -2.12. The minimum absolute atomic E-state index is 0.955. The molecule has 0 amide bonds. The lowest BCUT2D eigenvalue weighted by molar-refractivity contribution is 0.391. The van der Waals surface area contributed by atoms with Crippen LogP contribution in [0.3, 0.4) is 0 Å². The van der Waals surface area contributed by atoms with E-state index in [9.17, 15) is 0 Å². The molecule has 84 valence electrons. The molecule has 1 aromatic heterocycles. The van der Waals surface area contributed by atoms with Gasteiger partial charge in [-0.15, -0.1) is 0 Å². The van der Waals surface area contributed by atoms with Gasteiger partial charge in [-0.2, -0.15) is 0 Å². The zero-order valence-electron chi connectivity index (χ0n) is 10.7. The lowest BCUT2D eigenvalue weighted by Gasteiger charge is -2.08. The molecule has 0 spiro atoms. The van der Waals surface area contributed by atoms with E-state index in [4.69, 9.17) is 0 Å². The molecule has 0 bridgehead atoms. The van der Waals surface area contributed by atoms with Gasteiger partial charge in [0, 0.05) is 19.8 Å². The van der Waals surface area contributed by atoms with E-state index in [1.165, 1.54) is 5.69 Å². The van der Waals surface area contributed by atoms with Crippen LogP contribution in [-0.4, -0.2) is 28.5 Å². The van der Waals surface area contributed by atoms with Gasteiger partial charge >= 0.3 is 0 Å². The highest BCUT2D eigenvalue weighted by Gasteiger charge is 1.97. The number of imidazole rings is 1. The van der Waals surface area contributed by atoms with E-state index in [1.54, 1.807) is 0 Å². The first-order valence-corrected chi connectivity index (χ1v) is 5.30. The van der Waals surface area contributed by atoms with Crippen molar-refractivity contribution in [1.29, 1.82) is 0 Å². The molecule has 0 unspecified atom stereocenters. The van der Waals surface area contributed by atoms with Crippen molar-refractivity contribution in [1.82, 2.24) is 14.5 Å². The molecule has 1 aromatic rings. The van der Waals surface area contributed by atoms with Gasteiger partial charge in [0.25, 0.3) is 0 Å². The Kier molecular flexibility index (Phi) is 11.4. The van der Waals surface area contributed by atoms with E-state index < -0.39 is 0 Å². The Morgan fingerprint density at radius 1 is 1.21 bits per heavy atom. The first kappa shape index (κ1) is 15.6. The third-order valence-electron chi connectivity index (χ3n) is 1.39. The van der Waals surface area contributed by atoms with Crippen LogP contribution in [-0.2, 0) is 13.6 Å². The summed E-state index contributed by atoms with van der Waals surface area (Å²) in [6.45, 7) is 8.95. The second-order valence-corrected chi connectivity index (χ2v) is 2.73. The highest BCUT2D eigenvalue weighted by atomic mass is 15.1. The van der Waals surface area contributed by atoms with Gasteiger partial charge < -0.3 is 9.47 Å². The summed E-state index contributed by atoms with van der Waals surface area (Å²) in [6, 6.07) is 0. The van der Waals surface area contributed by atoms with Crippen molar-refractivity contribution in [2.24, 2.45) is 7.05 Å². The van der Waals surface area contributed by atoms with Crippen LogP contribution in [0, 0.1) is 0 Å². The largest absolute Gasteiger partial charge is 0.337 e. The van der Waals surface area contributed by atoms with E-state index in [0.717, 1.165) is 6.54 Å². The number of hydrogen-bond donors (Lipinski definition) is 0. The Labute approximate surface area is 88.8 Å². The highest BCUT2D eigenvalue weighted by Crippen LogP contribution is 1.97. The summed E-state index contributed by atoms with van der Waals surface area (Å²) in [5.74, 6) is 0. The van der Waals surface area contributed by atoms with Gasteiger partial charge in [-0.05, 0) is 14.1 Å². The summed E-state index contributed by atoms with van der Waals surface area (Å²) in [7, 11) is 6.10. The number of aromatic nitrogens is 2. The first-order valence-electron chi connectivity index (χ1n) is 5.30. The summed E-state index contributed by atoms with van der Waals surface area (Å²) >= 11 is 0. The third kappa shape index (κ3) is 6.66. The zero-order valence-corrected chi connectivity index (χ0v) is 10.7. The van der Waals surface area contributed by atoms with Crippen LogP contribution in [0.4, 0.5) is 0 Å². The van der Waals surface area contributed by atoms with E-state index in [-0.39, 0.29) is 0 Å². The summed E-state index contributed by atoms with van der Waals surface area (Å²) in [6.07, 6.45) is 3.71. The minimum atomic E-state index is 0.955. The summed E-state index contributed by atoms with van der Waals surface area (Å²) in [4.78, 5) is 6.13. The molecule has 3 heteroatoms. The molecule has 3 nitrogen and oxygen atoms in total. The van der Waals surface area contributed by atoms with Gasteiger partial charge in [0.15, 0.2) is 0 Å². The minimum Gasteiger partial charge on any atom is -0.337 e. The van der Waals surface area contributed by atoms with Crippen molar-refractivity contribution in [3.8, 4) is 0 Å². The Morgan fingerprint density at radius 2 is 1.71 bits per heavy atom. The predicted molar refractivity (Wildman–Crippen MR) is 63.3 cm³/mol. The van der Waals surface area contributed by atoms with Crippen molar-refractivity contribution in [3.63, 3.8) is 0 Å². The van der Waals surface area contributed by atoms with Gasteiger partial charge in [0.2, 0.25) is 0 Å². The standard InChI is InChI=1S/C7H13N3.2C2H6/c1-9(2)5-7-4-8-6-10(7)3;2*1-2/h4,6H,5H2,1-3H3;2*1-2H3. The van der Waals surface area contributed by atoms with E-state index >= 15 is 0 Å². The van der Waals surface area contributed by atoms with Crippen molar-refractivity contribution in [2.75, 3.05) is 14.1 Å². The Hall–Kier alpha value is -0.830. The second-order valence-electron chi connectivity index (χ2n) is 2.73. The average molecular weight is 199 g/mol. The Balaban J connectivity index is 0. The first-order chi connectivity index (χ1) is 6.70. The van der Waals surface area contributed by atoms with E-state index in [0.29, 0.717) is 0 Å². The van der Waals surface area contributed by atoms with Gasteiger partial charge in [0.1, 0.15) is 0 Å². The molecule has 14 heavy (non-hydrogen) atoms. The number of nitrogens with zero attached hydrogens (tertiary/aromatic N) is 3. The molecule has 0 N–H and O–H groups in total. The van der Waals surface area contributed by atoms with Gasteiger partial charge in [-0.3, -0.25) is 0 Å². The maximum Gasteiger partial charge on any atom is 0.0945 e. The monoisotopic (exact) mass is 199 g/mol. The van der Waals surface area contributed by atoms with Crippen molar-refractivity contribution in [2.45, 2.75) is 34.2 Å². The van der Waals surface area contributed by atoms with Crippen LogP contribution < -0.4 is 0 Å². The molecule has 0 saturated heterocycles. The van der Waals surface area contributed by atoms with Crippen molar-refractivity contribution in [3.05, 3.63) is 18.2 Å². The molecule has 0 aliphatic rings. The fourth-order valence-corrected chi connectivity index (χ4v) is 0.861. The molecule has 1 heterocycles. The van der Waals surface area contributed by atoms with Crippen molar-refractivity contribution < 1.29 is 0 Å². The number of rotatable bonds is 2. The summed E-state index contributed by atoms with van der Waals surface area (Å²) in [5, 5.41) is 0. The zero-order chi connectivity index (χ0) is 11.6. The molecule has 0 saturated carbocycles. The number of hydrogen-bond acceptors (Lipinski definition) is 2. The second kappa shape index (κ2) is 10.3. The molecule has 0 fully saturated rings. The van der Waals surface area contributed by atoms with Crippen LogP contribution in [0.2, 0.25) is 0 Å². The fraction of sp³-hybridized carbons (Fsp3) is 0.727. The maximum absolute atomic E-state index is 4.01. The van der Waals surface area contributed by atoms with Crippen molar-refractivity contribution >= 4 is 0 Å². The normalized spacial score (nSPS) is 8.57. The van der Waals surface area contributed by atoms with Crippen LogP contribution >= 0.6 is 0 Å². The highest BCUT2D eigenvalue weighted by molar-refractivity contribution is 4.96. The van der Waals surface area contributed by atoms with Gasteiger partial charge in [-0.1, -0.05) is 27.7 Å².